The molecule has 2 N–H and O–H groups in total. The Labute approximate surface area is 295 Å². The van der Waals surface area contributed by atoms with Gasteiger partial charge in [0.1, 0.15) is 5.56 Å². The molecule has 1 saturated heterocycles. The van der Waals surface area contributed by atoms with Gasteiger partial charge < -0.3 is 24.5 Å². The normalized spacial score (nSPS) is 18.8. The van der Waals surface area contributed by atoms with Crippen LogP contribution in [0.5, 0.6) is 0 Å². The highest BCUT2D eigenvalue weighted by Crippen LogP contribution is 2.42. The lowest BCUT2D eigenvalue weighted by molar-refractivity contribution is -0.276. The van der Waals surface area contributed by atoms with Crippen molar-refractivity contribution in [3.63, 3.8) is 0 Å². The molecule has 0 spiro atoms. The molecule has 12 heteroatoms. The van der Waals surface area contributed by atoms with Gasteiger partial charge in [-0.05, 0) is 46.0 Å². The second-order valence-electron chi connectivity index (χ2n) is 12.7. The molecule has 7 nitrogen and oxygen atoms in total. The molecule has 6 aromatic rings. The summed E-state index contributed by atoms with van der Waals surface area (Å²) in [5.74, 6) is -12.6. The fourth-order valence-corrected chi connectivity index (χ4v) is 6.45. The smallest absolute Gasteiger partial charge is 0.257 e. The number of hydrogen-bond acceptors (Lipinski definition) is 5. The van der Waals surface area contributed by atoms with Gasteiger partial charge in [0.25, 0.3) is 5.91 Å². The number of carbonyl (C=O) groups is 1. The fraction of sp³-hybridized carbons (Fsp3) is 0.200. The summed E-state index contributed by atoms with van der Waals surface area (Å²) in [5.41, 5.74) is 4.95. The van der Waals surface area contributed by atoms with E-state index in [2.05, 4.69) is 21.8 Å². The number of aliphatic hydroxyl groups excluding tert-OH is 1. The van der Waals surface area contributed by atoms with E-state index in [1.165, 1.54) is 0 Å². The predicted octanol–water partition coefficient (Wildman–Crippen LogP) is 8.31. The molecule has 7 rings (SSSR count). The number of nitrogens with one attached hydrogen (secondary N) is 1. The molecule has 266 valence electrons. The van der Waals surface area contributed by atoms with Crippen LogP contribution < -0.4 is 5.32 Å². The number of rotatable bonds is 9. The number of nitrogens with zero attached hydrogens (tertiary/aromatic N) is 2. The number of aromatic nitrogens is 2. The van der Waals surface area contributed by atoms with Gasteiger partial charge in [-0.3, -0.25) is 4.79 Å². The summed E-state index contributed by atoms with van der Waals surface area (Å²) in [5, 5.41) is 11.8. The van der Waals surface area contributed by atoms with Crippen LogP contribution in [0.4, 0.5) is 22.0 Å². The van der Waals surface area contributed by atoms with E-state index in [0.717, 1.165) is 38.9 Å². The summed E-state index contributed by atoms with van der Waals surface area (Å²) in [7, 11) is 0. The van der Waals surface area contributed by atoms with Gasteiger partial charge in [-0.25, -0.2) is 26.9 Å². The Hall–Kier alpha value is -5.43. The number of imidazole rings is 1. The maximum absolute atomic E-state index is 14.1. The van der Waals surface area contributed by atoms with Crippen molar-refractivity contribution >= 4 is 16.9 Å². The minimum absolute atomic E-state index is 0.0472. The zero-order valence-electron chi connectivity index (χ0n) is 27.7. The second kappa shape index (κ2) is 14.7. The van der Waals surface area contributed by atoms with E-state index in [1.54, 1.807) is 18.2 Å². The van der Waals surface area contributed by atoms with Crippen molar-refractivity contribution in [3.05, 3.63) is 160 Å². The SMILES string of the molecule is CC1C(Cn2cnc3ccccc32)OC(c2ccc(-c3cccc(CNC(=O)c4c(F)c(F)c(F)c(F)c4F)c3)cc2)OC1c1ccc(CO)cc1. The molecule has 52 heavy (non-hydrogen) atoms. The Bertz CT molecular complexity index is 2210. The molecule has 1 aliphatic heterocycles. The maximum atomic E-state index is 14.1. The first-order chi connectivity index (χ1) is 25.1. The fourth-order valence-electron chi connectivity index (χ4n) is 6.45. The summed E-state index contributed by atoms with van der Waals surface area (Å²) in [6, 6.07) is 30.1. The van der Waals surface area contributed by atoms with Crippen LogP contribution in [0, 0.1) is 35.0 Å². The highest BCUT2D eigenvalue weighted by molar-refractivity contribution is 5.94. The minimum Gasteiger partial charge on any atom is -0.392 e. The number of halogens is 5. The average Bonchev–Trinajstić information content (AvgIpc) is 3.59. The number of carbonyl (C=O) groups excluding carboxylic acids is 1. The van der Waals surface area contributed by atoms with Crippen molar-refractivity contribution in [1.82, 2.24) is 14.9 Å². The highest BCUT2D eigenvalue weighted by atomic mass is 19.2. The number of ether oxygens (including phenoxy) is 2. The number of fused-ring (bicyclic) bond motifs is 1. The van der Waals surface area contributed by atoms with Crippen LogP contribution in [0.25, 0.3) is 22.2 Å². The van der Waals surface area contributed by atoms with E-state index >= 15 is 0 Å². The standard InChI is InChI=1S/C40H32F5N3O4/c1-22-31(19-48-21-47-29-7-2-3-8-30(29)48)51-40(52-38(22)26-11-9-23(20-49)10-12-26)27-15-13-25(14-16-27)28-6-4-5-24(17-28)18-46-39(50)32-33(41)35(43)37(45)36(44)34(32)42/h2-17,21-22,31,38,40,49H,18-20H2,1H3,(H,46,50). The van der Waals surface area contributed by atoms with Gasteiger partial charge in [-0.15, -0.1) is 0 Å². The van der Waals surface area contributed by atoms with Crippen LogP contribution in [0.3, 0.4) is 0 Å². The number of amides is 1. The van der Waals surface area contributed by atoms with Crippen molar-refractivity contribution in [1.29, 1.82) is 0 Å². The summed E-state index contributed by atoms with van der Waals surface area (Å²) in [6.07, 6.45) is 0.526. The third kappa shape index (κ3) is 6.80. The quantitative estimate of drug-likeness (QED) is 0.0895. The molecule has 0 radical (unpaired) electrons. The van der Waals surface area contributed by atoms with Gasteiger partial charge >= 0.3 is 0 Å². The molecule has 0 bridgehead atoms. The van der Waals surface area contributed by atoms with Crippen LogP contribution in [-0.4, -0.2) is 26.7 Å². The van der Waals surface area contributed by atoms with Gasteiger partial charge in [0.05, 0.1) is 42.7 Å². The summed E-state index contributed by atoms with van der Waals surface area (Å²) in [6.45, 7) is 2.33. The molecule has 4 atom stereocenters. The monoisotopic (exact) mass is 713 g/mol. The van der Waals surface area contributed by atoms with Gasteiger partial charge in [0.15, 0.2) is 29.6 Å². The molecular formula is C40H32F5N3O4. The Morgan fingerprint density at radius 2 is 1.44 bits per heavy atom. The van der Waals surface area contributed by atoms with Gasteiger partial charge in [-0.2, -0.15) is 0 Å². The topological polar surface area (TPSA) is 85.6 Å². The maximum Gasteiger partial charge on any atom is 0.257 e. The molecule has 5 aromatic carbocycles. The van der Waals surface area contributed by atoms with Crippen LogP contribution in [-0.2, 0) is 29.2 Å². The number of benzene rings is 5. The number of aliphatic hydroxyl groups is 1. The Balaban J connectivity index is 1.10. The van der Waals surface area contributed by atoms with Gasteiger partial charge in [0, 0.05) is 18.0 Å². The van der Waals surface area contributed by atoms with Crippen molar-refractivity contribution in [2.45, 2.75) is 45.1 Å². The van der Waals surface area contributed by atoms with Crippen LogP contribution in [0.15, 0.2) is 103 Å². The zero-order valence-corrected chi connectivity index (χ0v) is 27.7. The zero-order chi connectivity index (χ0) is 36.5. The minimum atomic E-state index is -2.34. The van der Waals surface area contributed by atoms with E-state index in [4.69, 9.17) is 9.47 Å². The molecule has 1 amide bonds. The lowest BCUT2D eigenvalue weighted by Crippen LogP contribution is -2.39. The third-order valence-electron chi connectivity index (χ3n) is 9.36. The third-order valence-corrected chi connectivity index (χ3v) is 9.36. The average molecular weight is 714 g/mol. The van der Waals surface area contributed by atoms with Crippen molar-refractivity contribution in [2.24, 2.45) is 5.92 Å². The Kier molecular flexibility index (Phi) is 9.87. The van der Waals surface area contributed by atoms with Crippen molar-refractivity contribution in [3.8, 4) is 11.1 Å². The largest absolute Gasteiger partial charge is 0.392 e. The highest BCUT2D eigenvalue weighted by Gasteiger charge is 2.39. The van der Waals surface area contributed by atoms with Crippen LogP contribution in [0.1, 0.15) is 51.9 Å². The van der Waals surface area contributed by atoms with Crippen molar-refractivity contribution in [2.75, 3.05) is 0 Å². The summed E-state index contributed by atoms with van der Waals surface area (Å²) >= 11 is 0. The molecule has 1 aliphatic rings. The van der Waals surface area contributed by atoms with Crippen LogP contribution in [0.2, 0.25) is 0 Å². The Morgan fingerprint density at radius 3 is 2.15 bits per heavy atom. The molecule has 1 aromatic heterocycles. The first-order valence-electron chi connectivity index (χ1n) is 16.5. The number of para-hydroxylation sites is 2. The van der Waals surface area contributed by atoms with E-state index in [0.29, 0.717) is 12.1 Å². The Morgan fingerprint density at radius 1 is 0.769 bits per heavy atom. The van der Waals surface area contributed by atoms with E-state index < -0.39 is 46.8 Å². The summed E-state index contributed by atoms with van der Waals surface area (Å²) < 4.78 is 84.3. The van der Waals surface area contributed by atoms with E-state index in [1.807, 2.05) is 85.2 Å². The van der Waals surface area contributed by atoms with Crippen molar-refractivity contribution < 1.29 is 41.3 Å². The van der Waals surface area contributed by atoms with Gasteiger partial charge in [-0.1, -0.05) is 85.8 Å². The molecule has 0 saturated carbocycles. The van der Waals surface area contributed by atoms with Gasteiger partial charge in [0.2, 0.25) is 5.82 Å². The first-order valence-corrected chi connectivity index (χ1v) is 16.5. The summed E-state index contributed by atoms with van der Waals surface area (Å²) in [4.78, 5) is 17.0. The molecule has 1 fully saturated rings. The van der Waals surface area contributed by atoms with E-state index in [-0.39, 0.29) is 31.3 Å². The van der Waals surface area contributed by atoms with Crippen LogP contribution >= 0.6 is 0 Å². The molecular weight excluding hydrogens is 681 g/mol. The molecule has 4 unspecified atom stereocenters. The molecule has 0 aliphatic carbocycles. The lowest BCUT2D eigenvalue weighted by atomic mass is 9.90. The second-order valence-corrected chi connectivity index (χ2v) is 12.7. The predicted molar refractivity (Wildman–Crippen MR) is 182 cm³/mol. The first kappa shape index (κ1) is 35.0. The molecule has 2 heterocycles. The lowest BCUT2D eigenvalue weighted by Gasteiger charge is -2.41. The van der Waals surface area contributed by atoms with E-state index in [9.17, 15) is 31.9 Å². The number of hydrogen-bond donors (Lipinski definition) is 2.